The lowest BCUT2D eigenvalue weighted by Crippen LogP contribution is -2.22. The van der Waals surface area contributed by atoms with Crippen molar-refractivity contribution in [3.05, 3.63) is 0 Å². The van der Waals surface area contributed by atoms with Gasteiger partial charge in [0.1, 0.15) is 13.2 Å². The highest BCUT2D eigenvalue weighted by atomic mass is 16.6. The SMILES string of the molecule is CCCOCCOC(=O)CC(C)C(=O)OCCOCCC. The molecule has 0 radical (unpaired) electrons. The van der Waals surface area contributed by atoms with Crippen molar-refractivity contribution in [3.63, 3.8) is 0 Å². The summed E-state index contributed by atoms with van der Waals surface area (Å²) in [5, 5.41) is 0. The van der Waals surface area contributed by atoms with Crippen LogP contribution in [0.2, 0.25) is 0 Å². The molecule has 1 atom stereocenters. The van der Waals surface area contributed by atoms with E-state index in [-0.39, 0.29) is 19.6 Å². The molecule has 0 saturated heterocycles. The van der Waals surface area contributed by atoms with Gasteiger partial charge in [0, 0.05) is 13.2 Å². The fourth-order valence-electron chi connectivity index (χ4n) is 1.44. The van der Waals surface area contributed by atoms with Crippen molar-refractivity contribution in [3.8, 4) is 0 Å². The van der Waals surface area contributed by atoms with Crippen molar-refractivity contribution in [2.45, 2.75) is 40.0 Å². The molecule has 0 aromatic rings. The Bertz CT molecular complexity index is 279. The van der Waals surface area contributed by atoms with Crippen LogP contribution in [0.4, 0.5) is 0 Å². The summed E-state index contributed by atoms with van der Waals surface area (Å²) >= 11 is 0. The largest absolute Gasteiger partial charge is 0.463 e. The number of ether oxygens (including phenoxy) is 4. The van der Waals surface area contributed by atoms with E-state index >= 15 is 0 Å². The predicted octanol–water partition coefficient (Wildman–Crippen LogP) is 1.95. The van der Waals surface area contributed by atoms with Crippen LogP contribution in [-0.2, 0) is 28.5 Å². The van der Waals surface area contributed by atoms with Gasteiger partial charge in [-0.1, -0.05) is 20.8 Å². The Balaban J connectivity index is 3.62. The van der Waals surface area contributed by atoms with Gasteiger partial charge in [-0.3, -0.25) is 9.59 Å². The van der Waals surface area contributed by atoms with E-state index in [2.05, 4.69) is 0 Å². The van der Waals surface area contributed by atoms with Gasteiger partial charge in [0.15, 0.2) is 0 Å². The second kappa shape index (κ2) is 13.8. The monoisotopic (exact) mass is 304 g/mol. The third-order valence-electron chi connectivity index (χ3n) is 2.53. The zero-order valence-electron chi connectivity index (χ0n) is 13.4. The fourth-order valence-corrected chi connectivity index (χ4v) is 1.44. The Labute approximate surface area is 127 Å². The number of hydrogen-bond donors (Lipinski definition) is 0. The molecule has 0 aliphatic heterocycles. The molecular formula is C15H28O6. The van der Waals surface area contributed by atoms with Crippen molar-refractivity contribution >= 4 is 11.9 Å². The van der Waals surface area contributed by atoms with E-state index in [0.717, 1.165) is 12.8 Å². The first-order chi connectivity index (χ1) is 10.1. The summed E-state index contributed by atoms with van der Waals surface area (Å²) in [4.78, 5) is 23.1. The molecule has 21 heavy (non-hydrogen) atoms. The molecule has 0 aliphatic rings. The van der Waals surface area contributed by atoms with Gasteiger partial charge in [0.25, 0.3) is 0 Å². The lowest BCUT2D eigenvalue weighted by atomic mass is 10.1. The van der Waals surface area contributed by atoms with Gasteiger partial charge in [-0.2, -0.15) is 0 Å². The van der Waals surface area contributed by atoms with Crippen molar-refractivity contribution in [2.24, 2.45) is 5.92 Å². The van der Waals surface area contributed by atoms with Crippen LogP contribution < -0.4 is 0 Å². The number of esters is 2. The second-order valence-corrected chi connectivity index (χ2v) is 4.72. The Kier molecular flexibility index (Phi) is 13.1. The minimum Gasteiger partial charge on any atom is -0.463 e. The van der Waals surface area contributed by atoms with Crippen LogP contribution in [-0.4, -0.2) is 51.6 Å². The Morgan fingerprint density at radius 2 is 1.33 bits per heavy atom. The van der Waals surface area contributed by atoms with Crippen molar-refractivity contribution in [2.75, 3.05) is 39.6 Å². The first-order valence-electron chi connectivity index (χ1n) is 7.59. The van der Waals surface area contributed by atoms with Crippen LogP contribution in [0.25, 0.3) is 0 Å². The normalized spacial score (nSPS) is 12.0. The highest BCUT2D eigenvalue weighted by Crippen LogP contribution is 2.06. The zero-order valence-corrected chi connectivity index (χ0v) is 13.4. The predicted molar refractivity (Wildman–Crippen MR) is 77.9 cm³/mol. The summed E-state index contributed by atoms with van der Waals surface area (Å²) in [6.45, 7) is 8.15. The first-order valence-corrected chi connectivity index (χ1v) is 7.59. The van der Waals surface area contributed by atoms with Gasteiger partial charge >= 0.3 is 11.9 Å². The van der Waals surface area contributed by atoms with Crippen LogP contribution in [0.15, 0.2) is 0 Å². The smallest absolute Gasteiger partial charge is 0.309 e. The minimum absolute atomic E-state index is 0.0163. The van der Waals surface area contributed by atoms with E-state index in [0.29, 0.717) is 26.4 Å². The molecular weight excluding hydrogens is 276 g/mol. The maximum Gasteiger partial charge on any atom is 0.309 e. The number of rotatable bonds is 13. The van der Waals surface area contributed by atoms with E-state index in [1.54, 1.807) is 6.92 Å². The van der Waals surface area contributed by atoms with E-state index in [9.17, 15) is 9.59 Å². The molecule has 0 spiro atoms. The van der Waals surface area contributed by atoms with Crippen LogP contribution in [0, 0.1) is 5.92 Å². The molecule has 0 saturated carbocycles. The maximum atomic E-state index is 11.6. The summed E-state index contributed by atoms with van der Waals surface area (Å²) in [6, 6.07) is 0. The molecule has 0 rings (SSSR count). The molecule has 1 unspecified atom stereocenters. The summed E-state index contributed by atoms with van der Waals surface area (Å²) in [5.41, 5.74) is 0. The zero-order chi connectivity index (χ0) is 15.9. The Morgan fingerprint density at radius 3 is 1.86 bits per heavy atom. The van der Waals surface area contributed by atoms with E-state index in [4.69, 9.17) is 18.9 Å². The van der Waals surface area contributed by atoms with Gasteiger partial charge < -0.3 is 18.9 Å². The third-order valence-corrected chi connectivity index (χ3v) is 2.53. The lowest BCUT2D eigenvalue weighted by molar-refractivity contribution is -0.156. The van der Waals surface area contributed by atoms with E-state index in [1.165, 1.54) is 0 Å². The van der Waals surface area contributed by atoms with Crippen molar-refractivity contribution < 1.29 is 28.5 Å². The first kappa shape index (κ1) is 19.9. The second-order valence-electron chi connectivity index (χ2n) is 4.72. The molecule has 0 aliphatic carbocycles. The third kappa shape index (κ3) is 12.3. The average Bonchev–Trinajstić information content (AvgIpc) is 2.46. The Morgan fingerprint density at radius 1 is 0.810 bits per heavy atom. The molecule has 6 nitrogen and oxygen atoms in total. The summed E-state index contributed by atoms with van der Waals surface area (Å²) in [7, 11) is 0. The van der Waals surface area contributed by atoms with Gasteiger partial charge in [0.05, 0.1) is 25.6 Å². The maximum absolute atomic E-state index is 11.6. The van der Waals surface area contributed by atoms with Gasteiger partial charge in [-0.25, -0.2) is 0 Å². The van der Waals surface area contributed by atoms with Gasteiger partial charge in [-0.05, 0) is 12.8 Å². The van der Waals surface area contributed by atoms with Gasteiger partial charge in [-0.15, -0.1) is 0 Å². The highest BCUT2D eigenvalue weighted by molar-refractivity contribution is 5.79. The molecule has 0 heterocycles. The molecule has 0 aromatic carbocycles. The quantitative estimate of drug-likeness (QED) is 0.382. The molecule has 0 N–H and O–H groups in total. The highest BCUT2D eigenvalue weighted by Gasteiger charge is 2.19. The summed E-state index contributed by atoms with van der Waals surface area (Å²) < 4.78 is 20.4. The van der Waals surface area contributed by atoms with Crippen LogP contribution >= 0.6 is 0 Å². The van der Waals surface area contributed by atoms with E-state index in [1.807, 2.05) is 13.8 Å². The number of carbonyl (C=O) groups excluding carboxylic acids is 2. The van der Waals surface area contributed by atoms with Crippen LogP contribution in [0.3, 0.4) is 0 Å². The van der Waals surface area contributed by atoms with Crippen LogP contribution in [0.5, 0.6) is 0 Å². The van der Waals surface area contributed by atoms with Gasteiger partial charge in [0.2, 0.25) is 0 Å². The Hall–Kier alpha value is -1.14. The number of hydrogen-bond acceptors (Lipinski definition) is 6. The van der Waals surface area contributed by atoms with Crippen molar-refractivity contribution in [1.82, 2.24) is 0 Å². The molecule has 0 aromatic heterocycles. The van der Waals surface area contributed by atoms with Crippen molar-refractivity contribution in [1.29, 1.82) is 0 Å². The average molecular weight is 304 g/mol. The number of carbonyl (C=O) groups is 2. The molecule has 0 fully saturated rings. The van der Waals surface area contributed by atoms with Crippen LogP contribution in [0.1, 0.15) is 40.0 Å². The molecule has 0 bridgehead atoms. The fraction of sp³-hybridized carbons (Fsp3) is 0.867. The summed E-state index contributed by atoms with van der Waals surface area (Å²) in [5.74, 6) is -1.34. The minimum atomic E-state index is -0.514. The molecule has 0 amide bonds. The molecule has 124 valence electrons. The topological polar surface area (TPSA) is 71.1 Å². The lowest BCUT2D eigenvalue weighted by Gasteiger charge is -2.11. The van der Waals surface area contributed by atoms with E-state index < -0.39 is 17.9 Å². The molecule has 6 heteroatoms. The standard InChI is InChI=1S/C15H28O6/c1-4-6-18-8-10-20-14(16)12-13(3)15(17)21-11-9-19-7-5-2/h13H,4-12H2,1-3H3. The summed E-state index contributed by atoms with van der Waals surface area (Å²) in [6.07, 6.45) is 1.87.